The summed E-state index contributed by atoms with van der Waals surface area (Å²) < 4.78 is 23.4. The minimum atomic E-state index is -1.13. The zero-order chi connectivity index (χ0) is 50.8. The van der Waals surface area contributed by atoms with Crippen LogP contribution in [0.5, 0.6) is 17.4 Å². The van der Waals surface area contributed by atoms with E-state index in [2.05, 4.69) is 34.5 Å². The summed E-state index contributed by atoms with van der Waals surface area (Å²) in [6.07, 6.45) is 3.15. The summed E-state index contributed by atoms with van der Waals surface area (Å²) in [7, 11) is 1.77. The van der Waals surface area contributed by atoms with Crippen LogP contribution in [-0.2, 0) is 24.7 Å². The van der Waals surface area contributed by atoms with Gasteiger partial charge in [0.25, 0.3) is 11.8 Å². The van der Waals surface area contributed by atoms with Crippen LogP contribution in [0.3, 0.4) is 0 Å². The average Bonchev–Trinajstić information content (AvgIpc) is 4.22. The average molecular weight is 993 g/mol. The summed E-state index contributed by atoms with van der Waals surface area (Å²) >= 11 is 1.58. The van der Waals surface area contributed by atoms with Crippen LogP contribution >= 0.6 is 11.3 Å². The molecule has 376 valence electrons. The highest BCUT2D eigenvalue weighted by atomic mass is 32.1. The molecule has 1 saturated heterocycles. The lowest BCUT2D eigenvalue weighted by Gasteiger charge is -2.29. The van der Waals surface area contributed by atoms with Crippen molar-refractivity contribution in [2.75, 3.05) is 46.6 Å². The molecule has 15 heteroatoms. The molecule has 2 N–H and O–H groups in total. The first-order valence-corrected chi connectivity index (χ1v) is 25.7. The minimum Gasteiger partial charge on any atom is -0.508 e. The number of aromatic hydroxyl groups is 1. The fourth-order valence-corrected chi connectivity index (χ4v) is 10.2. The van der Waals surface area contributed by atoms with Gasteiger partial charge in [-0.15, -0.1) is 11.3 Å². The number of amidine groups is 1. The van der Waals surface area contributed by atoms with Gasteiger partial charge in [-0.05, 0) is 114 Å². The molecule has 0 aliphatic carbocycles. The molecule has 72 heavy (non-hydrogen) atoms. The summed E-state index contributed by atoms with van der Waals surface area (Å²) in [5.41, 5.74) is 8.97. The van der Waals surface area contributed by atoms with Gasteiger partial charge in [-0.2, -0.15) is 0 Å². The SMILES string of the molecule is CC/C(=C(\c1ccc(O)cc1)c1ccc(OCCN(C)C(=O)CCCOCCOc2cc(C(C(=O)N3CCC[C@H]3C3=N[C@](C)(c4ccc(-c5scnc5C)cc4)C(=O)N3)C(C)C)on2)cc1)c1ccccc1. The quantitative estimate of drug-likeness (QED) is 0.0493. The van der Waals surface area contributed by atoms with Gasteiger partial charge in [0.1, 0.15) is 36.5 Å². The Bertz CT molecular complexity index is 2860. The number of phenolic OH excluding ortho intramolecular Hbond substituents is 1. The lowest BCUT2D eigenvalue weighted by Crippen LogP contribution is -2.48. The fourth-order valence-electron chi connectivity index (χ4n) is 9.43. The normalized spacial score (nSPS) is 17.4. The van der Waals surface area contributed by atoms with Crippen molar-refractivity contribution in [2.45, 2.75) is 84.2 Å². The van der Waals surface area contributed by atoms with Gasteiger partial charge in [-0.3, -0.25) is 14.4 Å². The maximum atomic E-state index is 14.3. The van der Waals surface area contributed by atoms with Crippen LogP contribution in [0.25, 0.3) is 21.6 Å². The van der Waals surface area contributed by atoms with E-state index in [4.69, 9.17) is 23.7 Å². The molecule has 2 aliphatic rings. The lowest BCUT2D eigenvalue weighted by atomic mass is 9.88. The number of phenols is 1. The summed E-state index contributed by atoms with van der Waals surface area (Å²) in [4.78, 5) is 54.6. The van der Waals surface area contributed by atoms with Crippen molar-refractivity contribution in [3.8, 4) is 27.8 Å². The van der Waals surface area contributed by atoms with E-state index in [-0.39, 0.29) is 54.5 Å². The number of aliphatic imine (C=N–C) groups is 1. The Balaban J connectivity index is 0.759. The summed E-state index contributed by atoms with van der Waals surface area (Å²) in [5, 5.41) is 17.1. The maximum Gasteiger partial charge on any atom is 0.257 e. The molecular formula is C57H64N6O8S. The number of nitrogens with zero attached hydrogens (tertiary/aromatic N) is 5. The second-order valence-corrected chi connectivity index (χ2v) is 19.6. The van der Waals surface area contributed by atoms with Crippen molar-refractivity contribution in [3.63, 3.8) is 0 Å². The first kappa shape index (κ1) is 51.3. The molecular weight excluding hydrogens is 929 g/mol. The minimum absolute atomic E-state index is 0.00118. The first-order chi connectivity index (χ1) is 34.8. The maximum absolute atomic E-state index is 14.3. The number of allylic oxidation sites excluding steroid dienone is 1. The second-order valence-electron chi connectivity index (χ2n) is 18.7. The number of aromatic nitrogens is 2. The Kier molecular flexibility index (Phi) is 16.7. The fraction of sp³-hybridized carbons (Fsp3) is 0.368. The Morgan fingerprint density at radius 2 is 1.65 bits per heavy atom. The van der Waals surface area contributed by atoms with E-state index < -0.39 is 11.5 Å². The van der Waals surface area contributed by atoms with Crippen LogP contribution in [0.1, 0.15) is 99.4 Å². The molecule has 0 radical (unpaired) electrons. The van der Waals surface area contributed by atoms with Crippen molar-refractivity contribution in [2.24, 2.45) is 10.9 Å². The number of rotatable bonds is 22. The molecule has 14 nitrogen and oxygen atoms in total. The number of hydrogen-bond acceptors (Lipinski definition) is 12. The number of nitrogens with one attached hydrogen (secondary N) is 1. The van der Waals surface area contributed by atoms with Gasteiger partial charge < -0.3 is 39.0 Å². The molecule has 0 spiro atoms. The molecule has 2 aromatic heterocycles. The van der Waals surface area contributed by atoms with Crippen LogP contribution < -0.4 is 14.8 Å². The monoisotopic (exact) mass is 992 g/mol. The molecule has 2 aliphatic heterocycles. The summed E-state index contributed by atoms with van der Waals surface area (Å²) in [5.74, 6) is 1.01. The van der Waals surface area contributed by atoms with Crippen molar-refractivity contribution < 1.29 is 38.2 Å². The number of likely N-dealkylation sites (N-methyl/N-ethyl adjacent to an activating group) is 1. The van der Waals surface area contributed by atoms with Gasteiger partial charge in [0, 0.05) is 32.7 Å². The van der Waals surface area contributed by atoms with E-state index in [0.29, 0.717) is 62.9 Å². The van der Waals surface area contributed by atoms with E-state index in [1.54, 1.807) is 41.5 Å². The summed E-state index contributed by atoms with van der Waals surface area (Å²) in [6.45, 7) is 12.0. The van der Waals surface area contributed by atoms with Gasteiger partial charge >= 0.3 is 0 Å². The van der Waals surface area contributed by atoms with Crippen LogP contribution in [0.2, 0.25) is 0 Å². The highest BCUT2D eigenvalue weighted by Crippen LogP contribution is 2.38. The molecule has 3 atom stereocenters. The van der Waals surface area contributed by atoms with Crippen molar-refractivity contribution in [1.82, 2.24) is 25.3 Å². The van der Waals surface area contributed by atoms with Gasteiger partial charge in [-0.1, -0.05) is 99.6 Å². The third kappa shape index (κ3) is 11.8. The molecule has 0 saturated carbocycles. The first-order valence-electron chi connectivity index (χ1n) is 24.8. The smallest absolute Gasteiger partial charge is 0.257 e. The Labute approximate surface area is 425 Å². The van der Waals surface area contributed by atoms with Gasteiger partial charge in [0.15, 0.2) is 11.3 Å². The molecule has 8 rings (SSSR count). The zero-order valence-corrected chi connectivity index (χ0v) is 42.7. The predicted octanol–water partition coefficient (Wildman–Crippen LogP) is 10.1. The number of carbonyl (C=O) groups excluding carboxylic acids is 3. The molecule has 4 heterocycles. The lowest BCUT2D eigenvalue weighted by molar-refractivity contribution is -0.134. The van der Waals surface area contributed by atoms with Crippen LogP contribution in [0, 0.1) is 12.8 Å². The second kappa shape index (κ2) is 23.4. The van der Waals surface area contributed by atoms with Crippen molar-refractivity contribution >= 4 is 46.0 Å². The molecule has 1 fully saturated rings. The molecule has 0 bridgehead atoms. The molecule has 3 amide bonds. The summed E-state index contributed by atoms with van der Waals surface area (Å²) in [6, 6.07) is 34.8. The van der Waals surface area contributed by atoms with E-state index in [9.17, 15) is 19.5 Å². The Hall–Kier alpha value is -7.10. The number of ether oxygens (including phenoxy) is 3. The standard InChI is InChI=1S/C57H64N6O8S/c1-7-46(39-13-9-8-10-14-39)52(40-19-25-44(64)26-20-40)41-21-27-45(28-22-41)69-32-30-62(6)50(65)16-12-31-68-33-34-70-49-35-48(71-61-49)51(37(2)3)55(66)63-29-11-15-47(63)54-59-56(67)57(5,60-54)43-23-17-42(18-24-43)53-38(4)58-36-72-53/h8-10,13-14,17-28,35-37,47,51,64H,7,11-12,15-16,29-34H2,1-6H3,(H,59,60,67)/b52-46-/t47-,51?,57+/m0/s1. The Morgan fingerprint density at radius 1 is 0.931 bits per heavy atom. The van der Waals surface area contributed by atoms with Crippen LogP contribution in [0.4, 0.5) is 0 Å². The van der Waals surface area contributed by atoms with Crippen molar-refractivity contribution in [1.29, 1.82) is 0 Å². The van der Waals surface area contributed by atoms with E-state index in [1.165, 1.54) is 5.57 Å². The molecule has 6 aromatic rings. The zero-order valence-electron chi connectivity index (χ0n) is 41.9. The highest BCUT2D eigenvalue weighted by molar-refractivity contribution is 7.13. The van der Waals surface area contributed by atoms with Gasteiger partial charge in [0.05, 0.1) is 35.3 Å². The highest BCUT2D eigenvalue weighted by Gasteiger charge is 2.46. The van der Waals surface area contributed by atoms with E-state index >= 15 is 0 Å². The van der Waals surface area contributed by atoms with Gasteiger partial charge in [-0.25, -0.2) is 9.98 Å². The largest absolute Gasteiger partial charge is 0.508 e. The third-order valence-corrected chi connectivity index (χ3v) is 14.4. The number of carbonyl (C=O) groups is 3. The van der Waals surface area contributed by atoms with Crippen LogP contribution in [0.15, 0.2) is 124 Å². The van der Waals surface area contributed by atoms with E-state index in [0.717, 1.165) is 56.8 Å². The number of benzene rings is 4. The Morgan fingerprint density at radius 3 is 2.33 bits per heavy atom. The molecule has 4 aromatic carbocycles. The molecule has 1 unspecified atom stereocenters. The van der Waals surface area contributed by atoms with E-state index in [1.807, 2.05) is 117 Å². The number of likely N-dealkylation sites (tertiary alicyclic amines) is 1. The number of thiazole rings is 1. The topological polar surface area (TPSA) is 169 Å². The number of aryl methyl sites for hydroxylation is 1. The number of hydrogen-bond donors (Lipinski definition) is 2. The van der Waals surface area contributed by atoms with Gasteiger partial charge in [0.2, 0.25) is 11.8 Å². The third-order valence-electron chi connectivity index (χ3n) is 13.4. The number of amides is 3. The van der Waals surface area contributed by atoms with Crippen molar-refractivity contribution in [3.05, 3.63) is 148 Å². The predicted molar refractivity (Wildman–Crippen MR) is 280 cm³/mol. The van der Waals surface area contributed by atoms with Crippen LogP contribution in [-0.4, -0.2) is 101 Å².